The van der Waals surface area contributed by atoms with Gasteiger partial charge in [-0.05, 0) is 44.0 Å². The van der Waals surface area contributed by atoms with Crippen LogP contribution in [0.5, 0.6) is 5.75 Å². The first-order valence-electron chi connectivity index (χ1n) is 6.81. The molecule has 1 unspecified atom stereocenters. The zero-order valence-electron chi connectivity index (χ0n) is 12.5. The Morgan fingerprint density at radius 1 is 1.15 bits per heavy atom. The van der Waals surface area contributed by atoms with E-state index in [1.165, 1.54) is 11.1 Å². The lowest BCUT2D eigenvalue weighted by atomic mass is 10.1. The van der Waals surface area contributed by atoms with Gasteiger partial charge in [-0.2, -0.15) is 0 Å². The van der Waals surface area contributed by atoms with Crippen LogP contribution in [-0.4, -0.2) is 43.7 Å². The summed E-state index contributed by atoms with van der Waals surface area (Å²) in [7, 11) is 0. The van der Waals surface area contributed by atoms with Gasteiger partial charge in [0.15, 0.2) is 0 Å². The van der Waals surface area contributed by atoms with Crippen molar-refractivity contribution in [2.45, 2.75) is 26.8 Å². The van der Waals surface area contributed by atoms with E-state index in [0.29, 0.717) is 6.04 Å². The van der Waals surface area contributed by atoms with E-state index in [0.717, 1.165) is 38.5 Å². The van der Waals surface area contributed by atoms with Gasteiger partial charge in [-0.3, -0.25) is 4.90 Å². The van der Waals surface area contributed by atoms with Crippen molar-refractivity contribution in [3.05, 3.63) is 29.3 Å². The SMILES string of the molecule is Cc1ccc(OCC(C)N2CCNCC2)cc1C.Cl.Cl. The van der Waals surface area contributed by atoms with Crippen LogP contribution in [0.3, 0.4) is 0 Å². The fraction of sp³-hybridized carbons (Fsp3) is 0.600. The normalized spacial score (nSPS) is 16.8. The zero-order valence-corrected chi connectivity index (χ0v) is 14.1. The highest BCUT2D eigenvalue weighted by molar-refractivity contribution is 5.85. The molecule has 2 rings (SSSR count). The van der Waals surface area contributed by atoms with Crippen molar-refractivity contribution >= 4 is 24.8 Å². The van der Waals surface area contributed by atoms with E-state index >= 15 is 0 Å². The van der Waals surface area contributed by atoms with Crippen LogP contribution in [0.2, 0.25) is 0 Å². The third-order valence-electron chi connectivity index (χ3n) is 3.74. The lowest BCUT2D eigenvalue weighted by Crippen LogP contribution is -2.49. The molecular formula is C15H26Cl2N2O. The van der Waals surface area contributed by atoms with E-state index in [-0.39, 0.29) is 24.8 Å². The number of ether oxygens (including phenoxy) is 1. The van der Waals surface area contributed by atoms with E-state index in [4.69, 9.17) is 4.74 Å². The van der Waals surface area contributed by atoms with Crippen molar-refractivity contribution in [2.24, 2.45) is 0 Å². The Kier molecular flexibility index (Phi) is 9.23. The molecule has 0 aliphatic carbocycles. The molecule has 0 amide bonds. The van der Waals surface area contributed by atoms with E-state index in [1.54, 1.807) is 0 Å². The van der Waals surface area contributed by atoms with E-state index in [1.807, 2.05) is 0 Å². The van der Waals surface area contributed by atoms with Gasteiger partial charge in [-0.1, -0.05) is 6.07 Å². The first kappa shape index (κ1) is 19.5. The Morgan fingerprint density at radius 2 is 1.80 bits per heavy atom. The number of aryl methyl sites for hydroxylation is 2. The molecule has 1 fully saturated rings. The van der Waals surface area contributed by atoms with E-state index in [2.05, 4.69) is 49.2 Å². The molecule has 0 bridgehead atoms. The Labute approximate surface area is 134 Å². The summed E-state index contributed by atoms with van der Waals surface area (Å²) in [6.07, 6.45) is 0. The van der Waals surface area contributed by atoms with Gasteiger partial charge < -0.3 is 10.1 Å². The van der Waals surface area contributed by atoms with Crippen molar-refractivity contribution in [1.82, 2.24) is 10.2 Å². The van der Waals surface area contributed by atoms with Crippen LogP contribution in [0.4, 0.5) is 0 Å². The summed E-state index contributed by atoms with van der Waals surface area (Å²) >= 11 is 0. The summed E-state index contributed by atoms with van der Waals surface area (Å²) in [6, 6.07) is 6.79. The maximum Gasteiger partial charge on any atom is 0.119 e. The number of benzene rings is 1. The van der Waals surface area contributed by atoms with Crippen LogP contribution in [0, 0.1) is 13.8 Å². The number of rotatable bonds is 4. The monoisotopic (exact) mass is 320 g/mol. The molecule has 0 saturated carbocycles. The molecule has 1 aromatic rings. The minimum atomic E-state index is 0. The number of nitrogens with zero attached hydrogens (tertiary/aromatic N) is 1. The standard InChI is InChI=1S/C15H24N2O.2ClH/c1-12-4-5-15(10-13(12)2)18-11-14(3)17-8-6-16-7-9-17;;/h4-5,10,14,16H,6-9,11H2,1-3H3;2*1H. The molecule has 1 heterocycles. The highest BCUT2D eigenvalue weighted by atomic mass is 35.5. The molecule has 20 heavy (non-hydrogen) atoms. The number of halogens is 2. The third-order valence-corrected chi connectivity index (χ3v) is 3.74. The second kappa shape index (κ2) is 9.46. The molecule has 0 aromatic heterocycles. The van der Waals surface area contributed by atoms with Crippen molar-refractivity contribution < 1.29 is 4.74 Å². The predicted octanol–water partition coefficient (Wildman–Crippen LogP) is 2.82. The van der Waals surface area contributed by atoms with Gasteiger partial charge in [-0.15, -0.1) is 24.8 Å². The average molecular weight is 321 g/mol. The minimum absolute atomic E-state index is 0. The molecule has 1 aliphatic heterocycles. The smallest absolute Gasteiger partial charge is 0.119 e. The molecule has 116 valence electrons. The fourth-order valence-corrected chi connectivity index (χ4v) is 2.25. The van der Waals surface area contributed by atoms with Crippen molar-refractivity contribution in [3.63, 3.8) is 0 Å². The number of nitrogens with one attached hydrogen (secondary N) is 1. The Balaban J connectivity index is 0.00000180. The van der Waals surface area contributed by atoms with Gasteiger partial charge in [-0.25, -0.2) is 0 Å². The quantitative estimate of drug-likeness (QED) is 0.923. The molecule has 1 N–H and O–H groups in total. The maximum absolute atomic E-state index is 5.89. The summed E-state index contributed by atoms with van der Waals surface area (Å²) in [5, 5.41) is 3.37. The molecule has 1 saturated heterocycles. The average Bonchev–Trinajstić information content (AvgIpc) is 2.41. The largest absolute Gasteiger partial charge is 0.492 e. The molecule has 5 heteroatoms. The van der Waals surface area contributed by atoms with Gasteiger partial charge in [0.05, 0.1) is 0 Å². The minimum Gasteiger partial charge on any atom is -0.492 e. The van der Waals surface area contributed by atoms with Crippen LogP contribution in [0.1, 0.15) is 18.1 Å². The fourth-order valence-electron chi connectivity index (χ4n) is 2.25. The summed E-state index contributed by atoms with van der Waals surface area (Å²) < 4.78 is 5.89. The van der Waals surface area contributed by atoms with Gasteiger partial charge >= 0.3 is 0 Å². The lowest BCUT2D eigenvalue weighted by Gasteiger charge is -2.32. The second-order valence-corrected chi connectivity index (χ2v) is 5.19. The first-order valence-corrected chi connectivity index (χ1v) is 6.81. The maximum atomic E-state index is 5.89. The van der Waals surface area contributed by atoms with Crippen LogP contribution in [-0.2, 0) is 0 Å². The first-order chi connectivity index (χ1) is 8.66. The van der Waals surface area contributed by atoms with E-state index in [9.17, 15) is 0 Å². The zero-order chi connectivity index (χ0) is 13.0. The molecule has 3 nitrogen and oxygen atoms in total. The number of hydrogen-bond acceptors (Lipinski definition) is 3. The number of piperazine rings is 1. The van der Waals surface area contributed by atoms with E-state index < -0.39 is 0 Å². The highest BCUT2D eigenvalue weighted by Crippen LogP contribution is 2.17. The van der Waals surface area contributed by atoms with Crippen LogP contribution in [0.25, 0.3) is 0 Å². The summed E-state index contributed by atoms with van der Waals surface area (Å²) in [5.74, 6) is 0.986. The van der Waals surface area contributed by atoms with Gasteiger partial charge in [0.25, 0.3) is 0 Å². The Morgan fingerprint density at radius 3 is 2.40 bits per heavy atom. The summed E-state index contributed by atoms with van der Waals surface area (Å²) in [5.41, 5.74) is 2.61. The van der Waals surface area contributed by atoms with Crippen LogP contribution >= 0.6 is 24.8 Å². The van der Waals surface area contributed by atoms with Crippen LogP contribution < -0.4 is 10.1 Å². The summed E-state index contributed by atoms with van der Waals surface area (Å²) in [4.78, 5) is 2.48. The molecule has 0 spiro atoms. The molecule has 1 aromatic carbocycles. The molecular weight excluding hydrogens is 295 g/mol. The third kappa shape index (κ3) is 5.49. The Hall–Kier alpha value is -0.480. The van der Waals surface area contributed by atoms with Crippen LogP contribution in [0.15, 0.2) is 18.2 Å². The van der Waals surface area contributed by atoms with Crippen molar-refractivity contribution in [1.29, 1.82) is 0 Å². The molecule has 1 aliphatic rings. The Bertz CT molecular complexity index is 395. The molecule has 1 atom stereocenters. The van der Waals surface area contributed by atoms with Gasteiger partial charge in [0, 0.05) is 32.2 Å². The van der Waals surface area contributed by atoms with Gasteiger partial charge in [0.2, 0.25) is 0 Å². The summed E-state index contributed by atoms with van der Waals surface area (Å²) in [6.45, 7) is 11.7. The second-order valence-electron chi connectivity index (χ2n) is 5.19. The highest BCUT2D eigenvalue weighted by Gasteiger charge is 2.16. The van der Waals surface area contributed by atoms with Crippen molar-refractivity contribution in [2.75, 3.05) is 32.8 Å². The van der Waals surface area contributed by atoms with Crippen molar-refractivity contribution in [3.8, 4) is 5.75 Å². The molecule has 0 radical (unpaired) electrons. The lowest BCUT2D eigenvalue weighted by molar-refractivity contribution is 0.132. The topological polar surface area (TPSA) is 24.5 Å². The predicted molar refractivity (Wildman–Crippen MR) is 89.8 cm³/mol. The number of hydrogen-bond donors (Lipinski definition) is 1. The van der Waals surface area contributed by atoms with Gasteiger partial charge in [0.1, 0.15) is 12.4 Å².